The summed E-state index contributed by atoms with van der Waals surface area (Å²) in [6.07, 6.45) is 10.3. The average Bonchev–Trinajstić information content (AvgIpc) is 3.51. The van der Waals surface area contributed by atoms with Crippen molar-refractivity contribution in [2.75, 3.05) is 13.1 Å². The van der Waals surface area contributed by atoms with Crippen molar-refractivity contribution in [3.63, 3.8) is 0 Å². The van der Waals surface area contributed by atoms with E-state index in [-0.39, 0.29) is 5.02 Å². The van der Waals surface area contributed by atoms with Crippen molar-refractivity contribution >= 4 is 17.2 Å². The van der Waals surface area contributed by atoms with E-state index in [2.05, 4.69) is 57.5 Å². The number of hydrogen-bond acceptors (Lipinski definition) is 2. The van der Waals surface area contributed by atoms with Crippen LogP contribution in [0.1, 0.15) is 29.9 Å². The normalized spacial score (nSPS) is 20.2. The van der Waals surface area contributed by atoms with Crippen LogP contribution in [0.25, 0.3) is 28.0 Å². The molecule has 0 amide bonds. The van der Waals surface area contributed by atoms with Gasteiger partial charge in [-0.25, -0.2) is 4.39 Å². The van der Waals surface area contributed by atoms with Crippen molar-refractivity contribution in [1.29, 1.82) is 0 Å². The maximum atomic E-state index is 13.8. The van der Waals surface area contributed by atoms with Crippen LogP contribution < -0.4 is 0 Å². The van der Waals surface area contributed by atoms with Crippen LogP contribution in [0.3, 0.4) is 0 Å². The molecule has 170 valence electrons. The van der Waals surface area contributed by atoms with Crippen LogP contribution in [0.4, 0.5) is 4.39 Å². The largest absolute Gasteiger partial charge is 0.360 e. The summed E-state index contributed by atoms with van der Waals surface area (Å²) < 4.78 is 13.8. The summed E-state index contributed by atoms with van der Waals surface area (Å²) in [7, 11) is 0. The first-order valence-electron chi connectivity index (χ1n) is 11.7. The predicted molar refractivity (Wildman–Crippen MR) is 136 cm³/mol. The van der Waals surface area contributed by atoms with Gasteiger partial charge in [0.05, 0.1) is 10.7 Å². The second-order valence-electron chi connectivity index (χ2n) is 9.16. The lowest BCUT2D eigenvalue weighted by atomic mass is 9.90. The van der Waals surface area contributed by atoms with E-state index < -0.39 is 5.82 Å². The number of halogens is 2. The van der Waals surface area contributed by atoms with E-state index >= 15 is 0 Å². The summed E-state index contributed by atoms with van der Waals surface area (Å²) in [6.45, 7) is 2.17. The van der Waals surface area contributed by atoms with Gasteiger partial charge in [0.25, 0.3) is 0 Å². The molecule has 2 aliphatic heterocycles. The first-order chi connectivity index (χ1) is 16.7. The second-order valence-corrected chi connectivity index (χ2v) is 9.57. The summed E-state index contributed by atoms with van der Waals surface area (Å²) >= 11 is 6.13. The number of fused-ring (bicyclic) bond motifs is 1. The fraction of sp³-hybridized carbons (Fsp3) is 0.207. The Morgan fingerprint density at radius 2 is 1.82 bits per heavy atom. The van der Waals surface area contributed by atoms with Gasteiger partial charge in [0.2, 0.25) is 0 Å². The smallest absolute Gasteiger partial charge is 0.141 e. The zero-order valence-corrected chi connectivity index (χ0v) is 19.5. The Kier molecular flexibility index (Phi) is 5.56. The Balaban J connectivity index is 1.39. The van der Waals surface area contributed by atoms with E-state index in [1.54, 1.807) is 12.1 Å². The average molecular weight is 470 g/mol. The fourth-order valence-electron chi connectivity index (χ4n) is 5.51. The number of benzene rings is 2. The van der Waals surface area contributed by atoms with Gasteiger partial charge in [-0.15, -0.1) is 0 Å². The van der Waals surface area contributed by atoms with E-state index in [1.165, 1.54) is 22.8 Å². The molecule has 2 aromatic carbocycles. The quantitative estimate of drug-likeness (QED) is 0.343. The molecular weight excluding hydrogens is 445 g/mol. The van der Waals surface area contributed by atoms with Crippen LogP contribution in [0.5, 0.6) is 0 Å². The zero-order valence-electron chi connectivity index (χ0n) is 18.7. The lowest BCUT2D eigenvalue weighted by Gasteiger charge is -2.28. The molecule has 2 aromatic heterocycles. The molecule has 4 heterocycles. The number of rotatable bonds is 4. The van der Waals surface area contributed by atoms with Gasteiger partial charge in [0.1, 0.15) is 5.82 Å². The highest BCUT2D eigenvalue weighted by molar-refractivity contribution is 6.31. The third-order valence-corrected chi connectivity index (χ3v) is 7.48. The number of H-pyrrole nitrogens is 1. The van der Waals surface area contributed by atoms with Crippen LogP contribution in [0.15, 0.2) is 85.3 Å². The standard InChI is InChI=1S/C29H25ClFN3/c30-26-16-22(6-7-27(26)31)29-28(20-8-11-32-12-9-20)25(17-33-29)21-10-13-34-18-23(15-24(34)14-21)19-4-2-1-3-5-19/h1-9,11-12,14,16-17,23-24,33H,10,13,15,18H2/t23-,24-/m1/s1. The third kappa shape index (κ3) is 3.87. The highest BCUT2D eigenvalue weighted by Crippen LogP contribution is 2.43. The molecule has 3 nitrogen and oxygen atoms in total. The Bertz CT molecular complexity index is 1350. The Morgan fingerprint density at radius 3 is 2.62 bits per heavy atom. The lowest BCUT2D eigenvalue weighted by molar-refractivity contribution is 0.286. The van der Waals surface area contributed by atoms with E-state index in [4.69, 9.17) is 11.6 Å². The minimum Gasteiger partial charge on any atom is -0.360 e. The monoisotopic (exact) mass is 469 g/mol. The van der Waals surface area contributed by atoms with E-state index in [9.17, 15) is 4.39 Å². The van der Waals surface area contributed by atoms with Gasteiger partial charge in [0.15, 0.2) is 0 Å². The molecule has 5 heteroatoms. The molecule has 1 fully saturated rings. The number of aromatic amines is 1. The van der Waals surface area contributed by atoms with Crippen LogP contribution in [0.2, 0.25) is 5.02 Å². The van der Waals surface area contributed by atoms with Crippen molar-refractivity contribution in [2.45, 2.75) is 24.8 Å². The molecule has 4 aromatic rings. The molecule has 0 saturated carbocycles. The second kappa shape index (κ2) is 8.86. The van der Waals surface area contributed by atoms with Gasteiger partial charge in [0, 0.05) is 54.4 Å². The first kappa shape index (κ1) is 21.3. The maximum absolute atomic E-state index is 13.8. The van der Waals surface area contributed by atoms with Crippen molar-refractivity contribution < 1.29 is 4.39 Å². The van der Waals surface area contributed by atoms with Gasteiger partial charge in [-0.2, -0.15) is 0 Å². The van der Waals surface area contributed by atoms with Gasteiger partial charge < -0.3 is 4.98 Å². The zero-order chi connectivity index (χ0) is 23.1. The van der Waals surface area contributed by atoms with Gasteiger partial charge >= 0.3 is 0 Å². The molecule has 0 aliphatic carbocycles. The molecular formula is C29H25ClFN3. The van der Waals surface area contributed by atoms with Crippen molar-refractivity contribution in [1.82, 2.24) is 14.9 Å². The molecule has 6 rings (SSSR count). The molecule has 0 bridgehead atoms. The number of nitrogens with one attached hydrogen (secondary N) is 1. The Labute approximate surface area is 203 Å². The summed E-state index contributed by atoms with van der Waals surface area (Å²) in [4.78, 5) is 10.3. The Morgan fingerprint density at radius 1 is 1.00 bits per heavy atom. The topological polar surface area (TPSA) is 31.9 Å². The molecule has 34 heavy (non-hydrogen) atoms. The highest BCUT2D eigenvalue weighted by Gasteiger charge is 2.34. The minimum atomic E-state index is -0.410. The molecule has 0 unspecified atom stereocenters. The summed E-state index contributed by atoms with van der Waals surface area (Å²) in [6, 6.07) is 20.2. The number of nitrogens with zero attached hydrogens (tertiary/aromatic N) is 2. The van der Waals surface area contributed by atoms with Gasteiger partial charge in [-0.1, -0.05) is 48.0 Å². The fourth-order valence-corrected chi connectivity index (χ4v) is 5.69. The molecule has 1 saturated heterocycles. The van der Waals surface area contributed by atoms with Gasteiger partial charge in [-0.3, -0.25) is 9.88 Å². The van der Waals surface area contributed by atoms with Crippen molar-refractivity contribution in [3.8, 4) is 22.4 Å². The number of hydrogen-bond donors (Lipinski definition) is 1. The molecule has 1 N–H and O–H groups in total. The maximum Gasteiger partial charge on any atom is 0.141 e. The summed E-state index contributed by atoms with van der Waals surface area (Å²) in [5.74, 6) is 0.163. The van der Waals surface area contributed by atoms with Crippen LogP contribution in [-0.4, -0.2) is 34.0 Å². The van der Waals surface area contributed by atoms with E-state index in [1.807, 2.05) is 24.5 Å². The van der Waals surface area contributed by atoms with Gasteiger partial charge in [-0.05, 0) is 65.8 Å². The van der Waals surface area contributed by atoms with Crippen LogP contribution in [-0.2, 0) is 0 Å². The van der Waals surface area contributed by atoms with Crippen LogP contribution >= 0.6 is 11.6 Å². The van der Waals surface area contributed by atoms with Crippen molar-refractivity contribution in [2.24, 2.45) is 0 Å². The predicted octanol–water partition coefficient (Wildman–Crippen LogP) is 7.18. The molecule has 2 aliphatic rings. The highest BCUT2D eigenvalue weighted by atomic mass is 35.5. The molecule has 0 radical (unpaired) electrons. The number of aromatic nitrogens is 2. The Hall–Kier alpha value is -3.21. The van der Waals surface area contributed by atoms with Crippen LogP contribution in [0, 0.1) is 5.82 Å². The minimum absolute atomic E-state index is 0.125. The number of pyridine rings is 1. The molecule has 2 atom stereocenters. The van der Waals surface area contributed by atoms with E-state index in [0.717, 1.165) is 48.3 Å². The van der Waals surface area contributed by atoms with E-state index in [0.29, 0.717) is 12.0 Å². The molecule has 0 spiro atoms. The van der Waals surface area contributed by atoms with Crippen molar-refractivity contribution in [3.05, 3.63) is 107 Å². The third-order valence-electron chi connectivity index (χ3n) is 7.19. The lowest BCUT2D eigenvalue weighted by Crippen LogP contribution is -2.32. The summed E-state index contributed by atoms with van der Waals surface area (Å²) in [5.41, 5.74) is 8.00. The summed E-state index contributed by atoms with van der Waals surface area (Å²) in [5, 5.41) is 0.125. The first-order valence-corrected chi connectivity index (χ1v) is 12.1. The SMILES string of the molecule is Fc1ccc(-c2[nH]cc(C3=C[C@@H]4C[C@@H](c5ccccc5)CN4CC3)c2-c2ccncc2)cc1Cl.